The van der Waals surface area contributed by atoms with Crippen molar-refractivity contribution in [1.82, 2.24) is 9.78 Å². The molecule has 1 heterocycles. The van der Waals surface area contributed by atoms with Crippen molar-refractivity contribution in [2.75, 3.05) is 12.8 Å². The maximum atomic E-state index is 5.59. The summed E-state index contributed by atoms with van der Waals surface area (Å²) in [5.74, 6) is 0.867. The summed E-state index contributed by atoms with van der Waals surface area (Å²) in [4.78, 5) is 0. The summed E-state index contributed by atoms with van der Waals surface area (Å²) in [5, 5.41) is 4.12. The van der Waals surface area contributed by atoms with Gasteiger partial charge in [-0.05, 0) is 6.07 Å². The number of methoxy groups -OCH3 is 1. The average molecular weight is 240 g/mol. The number of ether oxygens (including phenoxy) is 1. The van der Waals surface area contributed by atoms with Gasteiger partial charge in [0, 0.05) is 11.8 Å². The quantitative estimate of drug-likeness (QED) is 0.891. The summed E-state index contributed by atoms with van der Waals surface area (Å²) < 4.78 is 7.04. The maximum Gasteiger partial charge on any atom is 0.123 e. The van der Waals surface area contributed by atoms with Gasteiger partial charge >= 0.3 is 0 Å². The third kappa shape index (κ3) is 2.67. The van der Waals surface area contributed by atoms with Crippen LogP contribution in [0.5, 0.6) is 5.75 Å². The van der Waals surface area contributed by atoms with E-state index in [1.165, 1.54) is 0 Å². The molecule has 86 valence electrons. The second-order valence-electron chi connectivity index (χ2n) is 3.28. The summed E-state index contributed by atoms with van der Waals surface area (Å²) in [6.07, 6.45) is 3.43. The van der Waals surface area contributed by atoms with Gasteiger partial charge in [0.1, 0.15) is 5.75 Å². The van der Waals surface area contributed by atoms with Gasteiger partial charge in [0.2, 0.25) is 0 Å². The Morgan fingerprint density at radius 2 is 2.12 bits per heavy atom. The molecule has 0 saturated heterocycles. The van der Waals surface area contributed by atoms with Gasteiger partial charge in [0.15, 0.2) is 0 Å². The van der Waals surface area contributed by atoms with E-state index in [1.54, 1.807) is 24.2 Å². The Labute approximate surface area is 100 Å². The van der Waals surface area contributed by atoms with Crippen molar-refractivity contribution in [2.24, 2.45) is 0 Å². The van der Waals surface area contributed by atoms with Crippen LogP contribution in [0.1, 0.15) is 5.56 Å². The Kier molecular flexibility index (Phi) is 4.19. The fraction of sp³-hybridized carbons (Fsp3) is 0.182. The van der Waals surface area contributed by atoms with Crippen molar-refractivity contribution in [1.29, 1.82) is 0 Å². The van der Waals surface area contributed by atoms with Crippen LogP contribution in [0, 0.1) is 0 Å². The highest BCUT2D eigenvalue weighted by atomic mass is 35.5. The standard InChI is InChI=1S/C11H13N3O.ClH/c1-15-11-5-3-2-4-9(11)7-14-8-10(12)6-13-14;/h2-6,8H,7,12H2,1H3;1H. The number of hydrogen-bond acceptors (Lipinski definition) is 3. The summed E-state index contributed by atoms with van der Waals surface area (Å²) in [6.45, 7) is 0.668. The molecular formula is C11H14ClN3O. The lowest BCUT2D eigenvalue weighted by Gasteiger charge is -2.07. The van der Waals surface area contributed by atoms with Gasteiger partial charge in [0.05, 0.1) is 25.5 Å². The first-order valence-corrected chi connectivity index (χ1v) is 4.69. The van der Waals surface area contributed by atoms with Crippen LogP contribution in [0.2, 0.25) is 0 Å². The number of anilines is 1. The van der Waals surface area contributed by atoms with E-state index in [1.807, 2.05) is 24.3 Å². The second kappa shape index (κ2) is 5.42. The number of nitrogens with two attached hydrogens (primary N) is 1. The van der Waals surface area contributed by atoms with E-state index < -0.39 is 0 Å². The monoisotopic (exact) mass is 239 g/mol. The third-order valence-electron chi connectivity index (χ3n) is 2.18. The van der Waals surface area contributed by atoms with Crippen LogP contribution < -0.4 is 10.5 Å². The van der Waals surface area contributed by atoms with Crippen molar-refractivity contribution < 1.29 is 4.74 Å². The molecule has 0 bridgehead atoms. The highest BCUT2D eigenvalue weighted by Crippen LogP contribution is 2.18. The Hall–Kier alpha value is -1.68. The van der Waals surface area contributed by atoms with E-state index in [9.17, 15) is 0 Å². The molecule has 2 rings (SSSR count). The first-order chi connectivity index (χ1) is 7.29. The third-order valence-corrected chi connectivity index (χ3v) is 2.18. The first kappa shape index (κ1) is 12.4. The highest BCUT2D eigenvalue weighted by molar-refractivity contribution is 5.85. The van der Waals surface area contributed by atoms with Crippen LogP contribution >= 0.6 is 12.4 Å². The Morgan fingerprint density at radius 1 is 1.38 bits per heavy atom. The van der Waals surface area contributed by atoms with Crippen molar-refractivity contribution in [3.8, 4) is 5.75 Å². The first-order valence-electron chi connectivity index (χ1n) is 4.69. The molecule has 2 aromatic rings. The van der Waals surface area contributed by atoms with Gasteiger partial charge in [-0.25, -0.2) is 0 Å². The molecule has 16 heavy (non-hydrogen) atoms. The van der Waals surface area contributed by atoms with E-state index >= 15 is 0 Å². The summed E-state index contributed by atoms with van der Waals surface area (Å²) in [5.41, 5.74) is 7.35. The van der Waals surface area contributed by atoms with Crippen LogP contribution in [0.25, 0.3) is 0 Å². The summed E-state index contributed by atoms with van der Waals surface area (Å²) in [6, 6.07) is 7.86. The topological polar surface area (TPSA) is 53.1 Å². The predicted octanol–water partition coefficient (Wildman–Crippen LogP) is 1.94. The normalized spacial score (nSPS) is 9.56. The molecule has 0 atom stereocenters. The lowest BCUT2D eigenvalue weighted by molar-refractivity contribution is 0.407. The largest absolute Gasteiger partial charge is 0.496 e. The molecule has 0 saturated carbocycles. The molecule has 0 aliphatic rings. The van der Waals surface area contributed by atoms with Crippen molar-refractivity contribution in [3.05, 3.63) is 42.2 Å². The molecule has 0 aliphatic carbocycles. The van der Waals surface area contributed by atoms with Crippen molar-refractivity contribution >= 4 is 18.1 Å². The molecule has 0 spiro atoms. The summed E-state index contributed by atoms with van der Waals surface area (Å²) in [7, 11) is 1.66. The van der Waals surface area contributed by atoms with Gasteiger partial charge in [-0.1, -0.05) is 18.2 Å². The van der Waals surface area contributed by atoms with Gasteiger partial charge < -0.3 is 10.5 Å². The van der Waals surface area contributed by atoms with E-state index in [0.717, 1.165) is 11.3 Å². The Bertz CT molecular complexity index is 456. The van der Waals surface area contributed by atoms with Gasteiger partial charge in [-0.3, -0.25) is 4.68 Å². The molecule has 0 fully saturated rings. The maximum absolute atomic E-state index is 5.59. The fourth-order valence-electron chi connectivity index (χ4n) is 1.47. The number of halogens is 1. The lowest BCUT2D eigenvalue weighted by atomic mass is 10.2. The van der Waals surface area contributed by atoms with Crippen molar-refractivity contribution in [3.63, 3.8) is 0 Å². The Morgan fingerprint density at radius 3 is 2.75 bits per heavy atom. The number of nitrogen functional groups attached to an aromatic ring is 1. The van der Waals surface area contributed by atoms with E-state index in [-0.39, 0.29) is 12.4 Å². The van der Waals surface area contributed by atoms with Crippen LogP contribution in [0.3, 0.4) is 0 Å². The van der Waals surface area contributed by atoms with E-state index in [2.05, 4.69) is 5.10 Å². The van der Waals surface area contributed by atoms with Crippen molar-refractivity contribution in [2.45, 2.75) is 6.54 Å². The number of hydrogen-bond donors (Lipinski definition) is 1. The van der Waals surface area contributed by atoms with E-state index in [0.29, 0.717) is 12.2 Å². The molecule has 0 unspecified atom stereocenters. The van der Waals surface area contributed by atoms with E-state index in [4.69, 9.17) is 10.5 Å². The lowest BCUT2D eigenvalue weighted by Crippen LogP contribution is -2.01. The van der Waals surface area contributed by atoms with Crippen LogP contribution in [0.4, 0.5) is 5.69 Å². The number of nitrogens with zero attached hydrogens (tertiary/aromatic N) is 2. The zero-order valence-electron chi connectivity index (χ0n) is 8.96. The number of aromatic nitrogens is 2. The molecule has 0 amide bonds. The minimum Gasteiger partial charge on any atom is -0.496 e. The predicted molar refractivity (Wildman–Crippen MR) is 66.0 cm³/mol. The zero-order chi connectivity index (χ0) is 10.7. The fourth-order valence-corrected chi connectivity index (χ4v) is 1.47. The molecule has 2 N–H and O–H groups in total. The van der Waals surface area contributed by atoms with Gasteiger partial charge in [-0.15, -0.1) is 12.4 Å². The molecule has 4 nitrogen and oxygen atoms in total. The zero-order valence-corrected chi connectivity index (χ0v) is 9.78. The molecular weight excluding hydrogens is 226 g/mol. The number of benzene rings is 1. The molecule has 5 heteroatoms. The summed E-state index contributed by atoms with van der Waals surface area (Å²) >= 11 is 0. The Balaban J connectivity index is 0.00000128. The molecule has 0 aliphatic heterocycles. The molecule has 1 aromatic carbocycles. The highest BCUT2D eigenvalue weighted by Gasteiger charge is 2.02. The van der Waals surface area contributed by atoms with Gasteiger partial charge in [-0.2, -0.15) is 5.10 Å². The second-order valence-corrected chi connectivity index (χ2v) is 3.28. The number of rotatable bonds is 3. The van der Waals surface area contributed by atoms with Crippen LogP contribution in [-0.2, 0) is 6.54 Å². The average Bonchev–Trinajstić information content (AvgIpc) is 2.65. The molecule has 0 radical (unpaired) electrons. The minimum atomic E-state index is 0. The SMILES string of the molecule is COc1ccccc1Cn1cc(N)cn1.Cl. The van der Waals surface area contributed by atoms with Crippen LogP contribution in [-0.4, -0.2) is 16.9 Å². The minimum absolute atomic E-state index is 0. The van der Waals surface area contributed by atoms with Crippen LogP contribution in [0.15, 0.2) is 36.7 Å². The number of para-hydroxylation sites is 1. The van der Waals surface area contributed by atoms with Gasteiger partial charge in [0.25, 0.3) is 0 Å². The smallest absolute Gasteiger partial charge is 0.123 e. The molecule has 1 aromatic heterocycles.